The van der Waals surface area contributed by atoms with Crippen molar-refractivity contribution in [3.8, 4) is 5.69 Å². The van der Waals surface area contributed by atoms with E-state index in [4.69, 9.17) is 0 Å². The van der Waals surface area contributed by atoms with E-state index in [0.717, 1.165) is 22.5 Å². The number of urea groups is 1. The number of hydrazine groups is 1. The van der Waals surface area contributed by atoms with Gasteiger partial charge in [-0.25, -0.2) is 4.79 Å². The van der Waals surface area contributed by atoms with E-state index in [1.165, 1.54) is 4.68 Å². The molecule has 0 bridgehead atoms. The van der Waals surface area contributed by atoms with Crippen molar-refractivity contribution >= 4 is 29.6 Å². The van der Waals surface area contributed by atoms with Gasteiger partial charge in [-0.15, -0.1) is 5.10 Å². The second-order valence-electron chi connectivity index (χ2n) is 6.73. The van der Waals surface area contributed by atoms with Crippen LogP contribution in [-0.2, 0) is 15.1 Å². The first-order chi connectivity index (χ1) is 15.0. The summed E-state index contributed by atoms with van der Waals surface area (Å²) in [6.45, 7) is 1.80. The molecule has 1 saturated heterocycles. The van der Waals surface area contributed by atoms with Crippen molar-refractivity contribution in [2.45, 2.75) is 24.0 Å². The third-order valence-corrected chi connectivity index (χ3v) is 5.82. The molecule has 1 aliphatic heterocycles. The molecule has 11 heteroatoms. The Labute approximate surface area is 182 Å². The Morgan fingerprint density at radius 3 is 2.45 bits per heavy atom. The average Bonchev–Trinajstić information content (AvgIpc) is 3.37. The van der Waals surface area contributed by atoms with E-state index in [1.807, 2.05) is 36.4 Å². The summed E-state index contributed by atoms with van der Waals surface area (Å²) >= 11 is 1.09. The SMILES string of the molecule is CCC1(c2ccccc2)NC(=O)N(NC(=O)CSc2nnnn2-c2ccccc2)C1=O. The maximum Gasteiger partial charge on any atom is 0.344 e. The zero-order valence-electron chi connectivity index (χ0n) is 16.6. The van der Waals surface area contributed by atoms with Crippen LogP contribution in [0.15, 0.2) is 65.8 Å². The number of para-hydroxylation sites is 1. The Balaban J connectivity index is 1.43. The van der Waals surface area contributed by atoms with Gasteiger partial charge in [-0.3, -0.25) is 15.0 Å². The minimum absolute atomic E-state index is 0.0886. The van der Waals surface area contributed by atoms with Gasteiger partial charge in [-0.2, -0.15) is 9.69 Å². The number of nitrogens with zero attached hydrogens (tertiary/aromatic N) is 5. The molecule has 0 saturated carbocycles. The lowest BCUT2D eigenvalue weighted by atomic mass is 9.87. The number of carbonyl (C=O) groups is 3. The largest absolute Gasteiger partial charge is 0.344 e. The summed E-state index contributed by atoms with van der Waals surface area (Å²) in [7, 11) is 0. The van der Waals surface area contributed by atoms with Crippen LogP contribution in [0.25, 0.3) is 5.69 Å². The predicted molar refractivity (Wildman–Crippen MR) is 112 cm³/mol. The predicted octanol–water partition coefficient (Wildman–Crippen LogP) is 1.64. The summed E-state index contributed by atoms with van der Waals surface area (Å²) in [5.74, 6) is -1.15. The molecule has 0 aliphatic carbocycles. The van der Waals surface area contributed by atoms with E-state index < -0.39 is 23.4 Å². The molecule has 1 fully saturated rings. The van der Waals surface area contributed by atoms with Gasteiger partial charge in [0.15, 0.2) is 0 Å². The highest BCUT2D eigenvalue weighted by atomic mass is 32.2. The van der Waals surface area contributed by atoms with Crippen LogP contribution in [0, 0.1) is 0 Å². The fraction of sp³-hybridized carbons (Fsp3) is 0.200. The fourth-order valence-electron chi connectivity index (χ4n) is 3.33. The number of amides is 4. The summed E-state index contributed by atoms with van der Waals surface area (Å²) in [6.07, 6.45) is 0.342. The number of tetrazole rings is 1. The third-order valence-electron chi connectivity index (χ3n) is 4.90. The fourth-order valence-corrected chi connectivity index (χ4v) is 4.01. The molecule has 1 aromatic heterocycles. The van der Waals surface area contributed by atoms with Crippen LogP contribution in [0.5, 0.6) is 0 Å². The standard InChI is InChI=1S/C20H19N7O3S/c1-2-20(14-9-5-3-6-10-14)17(29)27(18(30)21-20)23-16(28)13-31-19-22-24-25-26(19)15-11-7-4-8-12-15/h3-12H,2,13H2,1H3,(H,21,30)(H,23,28). The van der Waals surface area contributed by atoms with Gasteiger partial charge in [0, 0.05) is 0 Å². The number of hydrogen-bond acceptors (Lipinski definition) is 7. The van der Waals surface area contributed by atoms with Gasteiger partial charge in [0.2, 0.25) is 11.1 Å². The number of carbonyl (C=O) groups excluding carboxylic acids is 3. The Morgan fingerprint density at radius 2 is 1.77 bits per heavy atom. The molecular weight excluding hydrogens is 418 g/mol. The first-order valence-corrected chi connectivity index (χ1v) is 10.5. The summed E-state index contributed by atoms with van der Waals surface area (Å²) in [4.78, 5) is 38.0. The number of hydrogen-bond donors (Lipinski definition) is 2. The van der Waals surface area contributed by atoms with E-state index in [0.29, 0.717) is 17.1 Å². The van der Waals surface area contributed by atoms with Crippen molar-refractivity contribution in [3.63, 3.8) is 0 Å². The van der Waals surface area contributed by atoms with E-state index in [-0.39, 0.29) is 5.75 Å². The minimum atomic E-state index is -1.21. The van der Waals surface area contributed by atoms with Crippen molar-refractivity contribution in [1.29, 1.82) is 0 Å². The molecule has 1 atom stereocenters. The normalized spacial score (nSPS) is 18.2. The summed E-state index contributed by atoms with van der Waals surface area (Å²) in [6, 6.07) is 17.5. The summed E-state index contributed by atoms with van der Waals surface area (Å²) in [5.41, 5.74) is 2.59. The third kappa shape index (κ3) is 3.87. The van der Waals surface area contributed by atoms with Crippen molar-refractivity contribution in [3.05, 3.63) is 66.2 Å². The molecule has 10 nitrogen and oxygen atoms in total. The number of aromatic nitrogens is 4. The van der Waals surface area contributed by atoms with Gasteiger partial charge in [0.05, 0.1) is 11.4 Å². The van der Waals surface area contributed by atoms with Gasteiger partial charge in [-0.05, 0) is 34.5 Å². The number of imide groups is 1. The quantitative estimate of drug-likeness (QED) is 0.426. The van der Waals surface area contributed by atoms with Crippen LogP contribution in [0.1, 0.15) is 18.9 Å². The molecule has 3 aromatic rings. The molecule has 2 N–H and O–H groups in total. The highest BCUT2D eigenvalue weighted by molar-refractivity contribution is 7.99. The van der Waals surface area contributed by atoms with Gasteiger partial charge in [-0.1, -0.05) is 67.2 Å². The Bertz CT molecular complexity index is 1110. The summed E-state index contributed by atoms with van der Waals surface area (Å²) < 4.78 is 1.50. The maximum absolute atomic E-state index is 13.1. The molecule has 1 aliphatic rings. The topological polar surface area (TPSA) is 122 Å². The van der Waals surface area contributed by atoms with Crippen molar-refractivity contribution in [2.24, 2.45) is 0 Å². The lowest BCUT2D eigenvalue weighted by Crippen LogP contribution is -2.49. The molecule has 4 amide bonds. The van der Waals surface area contributed by atoms with Crippen LogP contribution < -0.4 is 10.7 Å². The number of rotatable bonds is 7. The maximum atomic E-state index is 13.1. The minimum Gasteiger partial charge on any atom is -0.318 e. The van der Waals surface area contributed by atoms with E-state index in [1.54, 1.807) is 31.2 Å². The van der Waals surface area contributed by atoms with Crippen molar-refractivity contribution in [2.75, 3.05) is 5.75 Å². The molecule has 1 unspecified atom stereocenters. The van der Waals surface area contributed by atoms with Crippen molar-refractivity contribution in [1.82, 2.24) is 36.0 Å². The molecule has 158 valence electrons. The first kappa shape index (κ1) is 20.5. The molecule has 0 radical (unpaired) electrons. The second-order valence-corrected chi connectivity index (χ2v) is 7.67. The Morgan fingerprint density at radius 1 is 1.10 bits per heavy atom. The van der Waals surface area contributed by atoms with Crippen molar-refractivity contribution < 1.29 is 14.4 Å². The van der Waals surface area contributed by atoms with Gasteiger partial charge < -0.3 is 5.32 Å². The Hall–Kier alpha value is -3.73. The lowest BCUT2D eigenvalue weighted by Gasteiger charge is -2.25. The molecule has 4 rings (SSSR count). The van der Waals surface area contributed by atoms with Crippen LogP contribution >= 0.6 is 11.8 Å². The molecule has 0 spiro atoms. The Kier molecular flexibility index (Phi) is 5.67. The van der Waals surface area contributed by atoms with Gasteiger partial charge >= 0.3 is 6.03 Å². The van der Waals surface area contributed by atoms with Crippen LogP contribution in [0.2, 0.25) is 0 Å². The number of thioether (sulfide) groups is 1. The molecule has 2 heterocycles. The summed E-state index contributed by atoms with van der Waals surface area (Å²) in [5, 5.41) is 15.4. The van der Waals surface area contributed by atoms with E-state index in [2.05, 4.69) is 26.3 Å². The van der Waals surface area contributed by atoms with Crippen LogP contribution in [-0.4, -0.2) is 48.8 Å². The van der Waals surface area contributed by atoms with E-state index in [9.17, 15) is 14.4 Å². The number of nitrogens with one attached hydrogen (secondary N) is 2. The van der Waals surface area contributed by atoms with E-state index >= 15 is 0 Å². The zero-order chi connectivity index (χ0) is 21.8. The highest BCUT2D eigenvalue weighted by Gasteiger charge is 2.52. The zero-order valence-corrected chi connectivity index (χ0v) is 17.4. The smallest absolute Gasteiger partial charge is 0.318 e. The average molecular weight is 437 g/mol. The lowest BCUT2D eigenvalue weighted by molar-refractivity contribution is -0.138. The van der Waals surface area contributed by atoms with Crippen LogP contribution in [0.3, 0.4) is 0 Å². The van der Waals surface area contributed by atoms with Gasteiger partial charge in [0.1, 0.15) is 5.54 Å². The first-order valence-electron chi connectivity index (χ1n) is 9.53. The highest BCUT2D eigenvalue weighted by Crippen LogP contribution is 2.31. The molecule has 31 heavy (non-hydrogen) atoms. The number of benzene rings is 2. The van der Waals surface area contributed by atoms with Crippen LogP contribution in [0.4, 0.5) is 4.79 Å². The molecule has 2 aromatic carbocycles. The second kappa shape index (κ2) is 8.56. The van der Waals surface area contributed by atoms with Gasteiger partial charge in [0.25, 0.3) is 5.91 Å². The monoisotopic (exact) mass is 437 g/mol. The molecular formula is C20H19N7O3S.